The first-order valence-electron chi connectivity index (χ1n) is 6.45. The minimum absolute atomic E-state index is 0.219. The first-order valence-corrected chi connectivity index (χ1v) is 6.45. The van der Waals surface area contributed by atoms with Crippen molar-refractivity contribution in [3.63, 3.8) is 0 Å². The largest absolute Gasteiger partial charge is 0.382 e. The van der Waals surface area contributed by atoms with Crippen LogP contribution in [-0.4, -0.2) is 24.1 Å². The van der Waals surface area contributed by atoms with E-state index in [0.717, 1.165) is 37.2 Å². The standard InChI is InChI=1S/C13H19N3O2/c1-2-10-3-4-12(9-13(10)16(17)18)15-11-5-7-14-8-6-11/h3-4,9,11,14-15H,2,5-8H2,1H3. The van der Waals surface area contributed by atoms with Crippen molar-refractivity contribution in [3.8, 4) is 0 Å². The Kier molecular flexibility index (Phi) is 4.15. The monoisotopic (exact) mass is 249 g/mol. The fourth-order valence-corrected chi connectivity index (χ4v) is 2.32. The minimum atomic E-state index is -0.299. The summed E-state index contributed by atoms with van der Waals surface area (Å²) in [6, 6.07) is 5.86. The molecular weight excluding hydrogens is 230 g/mol. The van der Waals surface area contributed by atoms with Crippen LogP contribution in [0.4, 0.5) is 11.4 Å². The van der Waals surface area contributed by atoms with E-state index in [-0.39, 0.29) is 10.6 Å². The first-order chi connectivity index (χ1) is 8.70. The van der Waals surface area contributed by atoms with E-state index in [4.69, 9.17) is 0 Å². The van der Waals surface area contributed by atoms with Gasteiger partial charge in [0.25, 0.3) is 5.69 Å². The normalized spacial score (nSPS) is 16.5. The molecule has 0 aromatic heterocycles. The number of piperidine rings is 1. The predicted octanol–water partition coefficient (Wildman–Crippen LogP) is 2.32. The van der Waals surface area contributed by atoms with Crippen molar-refractivity contribution in [2.24, 2.45) is 0 Å². The molecule has 0 amide bonds. The summed E-state index contributed by atoms with van der Waals surface area (Å²) in [7, 11) is 0. The zero-order valence-corrected chi connectivity index (χ0v) is 10.6. The van der Waals surface area contributed by atoms with Crippen LogP contribution in [0, 0.1) is 10.1 Å². The SMILES string of the molecule is CCc1ccc(NC2CCNCC2)cc1[N+](=O)[O-]. The summed E-state index contributed by atoms with van der Waals surface area (Å²) in [6.45, 7) is 3.95. The molecule has 0 saturated carbocycles. The van der Waals surface area contributed by atoms with E-state index in [1.807, 2.05) is 19.1 Å². The Morgan fingerprint density at radius 2 is 2.17 bits per heavy atom. The van der Waals surface area contributed by atoms with Crippen molar-refractivity contribution in [3.05, 3.63) is 33.9 Å². The van der Waals surface area contributed by atoms with E-state index in [1.54, 1.807) is 6.07 Å². The van der Waals surface area contributed by atoms with Crippen molar-refractivity contribution in [1.82, 2.24) is 5.32 Å². The van der Waals surface area contributed by atoms with Gasteiger partial charge in [0.15, 0.2) is 0 Å². The smallest absolute Gasteiger partial charge is 0.274 e. The third kappa shape index (κ3) is 2.98. The highest BCUT2D eigenvalue weighted by Crippen LogP contribution is 2.24. The average molecular weight is 249 g/mol. The van der Waals surface area contributed by atoms with Gasteiger partial charge < -0.3 is 10.6 Å². The second-order valence-corrected chi connectivity index (χ2v) is 4.62. The summed E-state index contributed by atoms with van der Waals surface area (Å²) >= 11 is 0. The Labute approximate surface area is 107 Å². The van der Waals surface area contributed by atoms with Crippen molar-refractivity contribution in [1.29, 1.82) is 0 Å². The molecule has 1 aromatic rings. The van der Waals surface area contributed by atoms with E-state index >= 15 is 0 Å². The van der Waals surface area contributed by atoms with Gasteiger partial charge in [0.1, 0.15) is 0 Å². The maximum Gasteiger partial charge on any atom is 0.274 e. The number of anilines is 1. The van der Waals surface area contributed by atoms with Gasteiger partial charge in [0, 0.05) is 23.4 Å². The van der Waals surface area contributed by atoms with E-state index < -0.39 is 0 Å². The fraction of sp³-hybridized carbons (Fsp3) is 0.538. The van der Waals surface area contributed by atoms with Gasteiger partial charge in [-0.3, -0.25) is 10.1 Å². The molecule has 2 rings (SSSR count). The lowest BCUT2D eigenvalue weighted by atomic mass is 10.1. The van der Waals surface area contributed by atoms with E-state index in [0.29, 0.717) is 12.5 Å². The number of nitro groups is 1. The molecule has 1 aliphatic rings. The van der Waals surface area contributed by atoms with Crippen LogP contribution in [0.25, 0.3) is 0 Å². The molecule has 1 heterocycles. The number of nitrogens with zero attached hydrogens (tertiary/aromatic N) is 1. The molecule has 0 atom stereocenters. The average Bonchev–Trinajstić information content (AvgIpc) is 2.40. The van der Waals surface area contributed by atoms with Crippen molar-refractivity contribution in [2.45, 2.75) is 32.2 Å². The molecule has 1 aliphatic heterocycles. The molecular formula is C13H19N3O2. The lowest BCUT2D eigenvalue weighted by Crippen LogP contribution is -2.35. The Morgan fingerprint density at radius 1 is 1.44 bits per heavy atom. The molecule has 0 radical (unpaired) electrons. The highest BCUT2D eigenvalue weighted by molar-refractivity contribution is 5.55. The second-order valence-electron chi connectivity index (χ2n) is 4.62. The molecule has 0 spiro atoms. The van der Waals surface area contributed by atoms with Crippen molar-refractivity contribution < 1.29 is 4.92 Å². The van der Waals surface area contributed by atoms with Crippen LogP contribution in [0.5, 0.6) is 0 Å². The van der Waals surface area contributed by atoms with Crippen LogP contribution in [-0.2, 0) is 6.42 Å². The molecule has 0 unspecified atom stereocenters. The maximum absolute atomic E-state index is 11.0. The van der Waals surface area contributed by atoms with Crippen LogP contribution in [0.3, 0.4) is 0 Å². The number of aryl methyl sites for hydroxylation is 1. The lowest BCUT2D eigenvalue weighted by molar-refractivity contribution is -0.385. The van der Waals surface area contributed by atoms with Gasteiger partial charge in [-0.2, -0.15) is 0 Å². The zero-order valence-electron chi connectivity index (χ0n) is 10.6. The minimum Gasteiger partial charge on any atom is -0.382 e. The Morgan fingerprint density at radius 3 is 2.78 bits per heavy atom. The lowest BCUT2D eigenvalue weighted by Gasteiger charge is -2.24. The maximum atomic E-state index is 11.0. The third-order valence-corrected chi connectivity index (χ3v) is 3.37. The van der Waals surface area contributed by atoms with Gasteiger partial charge in [-0.15, -0.1) is 0 Å². The van der Waals surface area contributed by atoms with Gasteiger partial charge in [-0.1, -0.05) is 13.0 Å². The van der Waals surface area contributed by atoms with E-state index in [9.17, 15) is 10.1 Å². The summed E-state index contributed by atoms with van der Waals surface area (Å²) in [5.41, 5.74) is 1.86. The Balaban J connectivity index is 2.13. The summed E-state index contributed by atoms with van der Waals surface area (Å²) in [5.74, 6) is 0. The summed E-state index contributed by atoms with van der Waals surface area (Å²) in [6.07, 6.45) is 2.80. The Bertz CT molecular complexity index is 428. The summed E-state index contributed by atoms with van der Waals surface area (Å²) < 4.78 is 0. The topological polar surface area (TPSA) is 67.2 Å². The molecule has 1 aromatic carbocycles. The summed E-state index contributed by atoms with van der Waals surface area (Å²) in [5, 5.41) is 17.7. The molecule has 2 N–H and O–H groups in total. The second kappa shape index (κ2) is 5.82. The number of hydrogen-bond donors (Lipinski definition) is 2. The van der Waals surface area contributed by atoms with Gasteiger partial charge in [-0.25, -0.2) is 0 Å². The number of rotatable bonds is 4. The van der Waals surface area contributed by atoms with Crippen LogP contribution in [0.2, 0.25) is 0 Å². The molecule has 98 valence electrons. The number of nitro benzene ring substituents is 1. The highest BCUT2D eigenvalue weighted by atomic mass is 16.6. The number of hydrogen-bond acceptors (Lipinski definition) is 4. The number of benzene rings is 1. The van der Waals surface area contributed by atoms with Crippen LogP contribution in [0.1, 0.15) is 25.3 Å². The predicted molar refractivity (Wildman–Crippen MR) is 72.0 cm³/mol. The van der Waals surface area contributed by atoms with Gasteiger partial charge in [0.2, 0.25) is 0 Å². The fourth-order valence-electron chi connectivity index (χ4n) is 2.32. The van der Waals surface area contributed by atoms with Gasteiger partial charge >= 0.3 is 0 Å². The van der Waals surface area contributed by atoms with Crippen molar-refractivity contribution in [2.75, 3.05) is 18.4 Å². The van der Waals surface area contributed by atoms with Crippen LogP contribution >= 0.6 is 0 Å². The van der Waals surface area contributed by atoms with E-state index in [1.165, 1.54) is 0 Å². The molecule has 18 heavy (non-hydrogen) atoms. The molecule has 5 heteroatoms. The number of nitrogens with one attached hydrogen (secondary N) is 2. The molecule has 1 saturated heterocycles. The summed E-state index contributed by atoms with van der Waals surface area (Å²) in [4.78, 5) is 10.7. The Hall–Kier alpha value is -1.62. The first kappa shape index (κ1) is 12.8. The highest BCUT2D eigenvalue weighted by Gasteiger charge is 2.16. The molecule has 5 nitrogen and oxygen atoms in total. The van der Waals surface area contributed by atoms with E-state index in [2.05, 4.69) is 10.6 Å². The molecule has 0 bridgehead atoms. The zero-order chi connectivity index (χ0) is 13.0. The van der Waals surface area contributed by atoms with Gasteiger partial charge in [0.05, 0.1) is 4.92 Å². The van der Waals surface area contributed by atoms with Crippen molar-refractivity contribution >= 4 is 11.4 Å². The van der Waals surface area contributed by atoms with Crippen LogP contribution in [0.15, 0.2) is 18.2 Å². The van der Waals surface area contributed by atoms with Gasteiger partial charge in [-0.05, 0) is 38.4 Å². The quantitative estimate of drug-likeness (QED) is 0.635. The third-order valence-electron chi connectivity index (χ3n) is 3.37. The molecule has 1 fully saturated rings. The van der Waals surface area contributed by atoms with Crippen LogP contribution < -0.4 is 10.6 Å². The molecule has 0 aliphatic carbocycles.